The van der Waals surface area contributed by atoms with E-state index < -0.39 is 0 Å². The fraction of sp³-hybridized carbons (Fsp3) is 0.588. The third kappa shape index (κ3) is 4.40. The number of esters is 1. The fourth-order valence-electron chi connectivity index (χ4n) is 2.89. The van der Waals surface area contributed by atoms with Gasteiger partial charge in [0.2, 0.25) is 0 Å². The summed E-state index contributed by atoms with van der Waals surface area (Å²) < 4.78 is 11.5. The Hall–Kier alpha value is -1.16. The lowest BCUT2D eigenvalue weighted by Crippen LogP contribution is -2.28. The van der Waals surface area contributed by atoms with E-state index in [-0.39, 0.29) is 18.0 Å². The second-order valence-electron chi connectivity index (χ2n) is 5.36. The van der Waals surface area contributed by atoms with Crippen LogP contribution in [0.25, 0.3) is 0 Å². The van der Waals surface area contributed by atoms with Gasteiger partial charge in [-0.25, -0.2) is 0 Å². The van der Waals surface area contributed by atoms with E-state index in [1.54, 1.807) is 11.8 Å². The van der Waals surface area contributed by atoms with Crippen LogP contribution in [0, 0.1) is 0 Å². The molecule has 0 N–H and O–H groups in total. The molecule has 1 saturated carbocycles. The van der Waals surface area contributed by atoms with Gasteiger partial charge in [0, 0.05) is 17.9 Å². The number of carbonyl (C=O) groups excluding carboxylic acids is 1. The molecule has 1 aromatic carbocycles. The van der Waals surface area contributed by atoms with Crippen LogP contribution in [0.3, 0.4) is 0 Å². The molecule has 2 rings (SSSR count). The molecule has 21 heavy (non-hydrogen) atoms. The zero-order valence-electron chi connectivity index (χ0n) is 12.8. The van der Waals surface area contributed by atoms with Crippen molar-refractivity contribution < 1.29 is 14.3 Å². The Labute approximate surface area is 131 Å². The van der Waals surface area contributed by atoms with Gasteiger partial charge in [0.15, 0.2) is 0 Å². The fourth-order valence-corrected chi connectivity index (χ4v) is 3.13. The average Bonchev–Trinajstić information content (AvgIpc) is 2.53. The number of thioether (sulfide) groups is 1. The van der Waals surface area contributed by atoms with Gasteiger partial charge < -0.3 is 9.47 Å². The average molecular weight is 308 g/mol. The van der Waals surface area contributed by atoms with E-state index in [4.69, 9.17) is 9.47 Å². The van der Waals surface area contributed by atoms with Crippen LogP contribution in [-0.2, 0) is 9.53 Å². The Balaban J connectivity index is 2.18. The highest BCUT2D eigenvalue weighted by atomic mass is 32.2. The topological polar surface area (TPSA) is 35.5 Å². The predicted octanol–water partition coefficient (Wildman–Crippen LogP) is 4.37. The molecule has 1 aliphatic carbocycles. The normalized spacial score (nSPS) is 21.8. The lowest BCUT2D eigenvalue weighted by atomic mass is 9.81. The third-order valence-corrected chi connectivity index (χ3v) is 4.28. The minimum atomic E-state index is -0.102. The molecule has 0 aromatic heterocycles. The maximum absolute atomic E-state index is 11.7. The summed E-state index contributed by atoms with van der Waals surface area (Å²) in [4.78, 5) is 11.7. The van der Waals surface area contributed by atoms with Crippen molar-refractivity contribution in [3.8, 4) is 5.75 Å². The van der Waals surface area contributed by atoms with Crippen molar-refractivity contribution in [3.05, 3.63) is 29.8 Å². The van der Waals surface area contributed by atoms with Crippen molar-refractivity contribution >= 4 is 17.7 Å². The molecular formula is C17H24O3S. The van der Waals surface area contributed by atoms with Gasteiger partial charge in [0.05, 0.1) is 0 Å². The van der Waals surface area contributed by atoms with E-state index in [2.05, 4.69) is 6.07 Å². The Morgan fingerprint density at radius 2 is 2.05 bits per heavy atom. The van der Waals surface area contributed by atoms with Crippen molar-refractivity contribution in [3.63, 3.8) is 0 Å². The van der Waals surface area contributed by atoms with E-state index in [1.807, 2.05) is 31.4 Å². The second-order valence-corrected chi connectivity index (χ2v) is 6.17. The van der Waals surface area contributed by atoms with Crippen LogP contribution in [0.5, 0.6) is 5.75 Å². The van der Waals surface area contributed by atoms with Crippen LogP contribution >= 0.6 is 11.8 Å². The minimum absolute atomic E-state index is 0.00905. The highest BCUT2D eigenvalue weighted by Gasteiger charge is 2.31. The zero-order chi connectivity index (χ0) is 15.1. The smallest absolute Gasteiger partial charge is 0.305 e. The molecule has 1 fully saturated rings. The van der Waals surface area contributed by atoms with Gasteiger partial charge in [-0.15, -0.1) is 11.8 Å². The summed E-state index contributed by atoms with van der Waals surface area (Å²) in [6, 6.07) is 8.15. The van der Waals surface area contributed by atoms with Gasteiger partial charge >= 0.3 is 5.97 Å². The minimum Gasteiger partial charge on any atom is -0.483 e. The molecule has 2 unspecified atom stereocenters. The summed E-state index contributed by atoms with van der Waals surface area (Å²) in [5, 5.41) is 0. The first kappa shape index (κ1) is 16.2. The number of hydrogen-bond donors (Lipinski definition) is 0. The van der Waals surface area contributed by atoms with Gasteiger partial charge in [-0.05, 0) is 31.6 Å². The molecule has 3 nitrogen and oxygen atoms in total. The predicted molar refractivity (Wildman–Crippen MR) is 86.8 cm³/mol. The van der Waals surface area contributed by atoms with E-state index in [0.29, 0.717) is 12.4 Å². The van der Waals surface area contributed by atoms with Crippen LogP contribution in [0.4, 0.5) is 0 Å². The molecule has 0 spiro atoms. The summed E-state index contributed by atoms with van der Waals surface area (Å²) in [6.07, 6.45) is 6.77. The number of para-hydroxylation sites is 1. The maximum atomic E-state index is 11.7. The summed E-state index contributed by atoms with van der Waals surface area (Å²) in [5.41, 5.74) is 1.18. The lowest BCUT2D eigenvalue weighted by Gasteiger charge is -2.32. The number of ether oxygens (including phenoxy) is 2. The summed E-state index contributed by atoms with van der Waals surface area (Å²) in [5.74, 6) is 1.72. The Kier molecular flexibility index (Phi) is 6.43. The summed E-state index contributed by atoms with van der Waals surface area (Å²) >= 11 is 1.66. The van der Waals surface area contributed by atoms with Crippen LogP contribution in [0.2, 0.25) is 0 Å². The van der Waals surface area contributed by atoms with E-state index >= 15 is 0 Å². The SMILES string of the molecule is CCC(=O)OC1CCCCC1c1ccccc1OCSC. The first-order valence-corrected chi connectivity index (χ1v) is 9.05. The number of rotatable bonds is 6. The molecule has 0 heterocycles. The van der Waals surface area contributed by atoms with Gasteiger partial charge in [-0.2, -0.15) is 0 Å². The third-order valence-electron chi connectivity index (χ3n) is 3.92. The Morgan fingerprint density at radius 3 is 2.81 bits per heavy atom. The monoisotopic (exact) mass is 308 g/mol. The molecule has 0 amide bonds. The van der Waals surface area contributed by atoms with Crippen molar-refractivity contribution in [1.82, 2.24) is 0 Å². The highest BCUT2D eigenvalue weighted by Crippen LogP contribution is 2.39. The molecule has 0 bridgehead atoms. The first-order chi connectivity index (χ1) is 10.3. The molecule has 116 valence electrons. The molecule has 1 aliphatic rings. The van der Waals surface area contributed by atoms with Crippen molar-refractivity contribution in [2.24, 2.45) is 0 Å². The van der Waals surface area contributed by atoms with Crippen molar-refractivity contribution in [2.45, 2.75) is 51.0 Å². The molecule has 1 aromatic rings. The van der Waals surface area contributed by atoms with Crippen LogP contribution in [0.1, 0.15) is 50.5 Å². The number of benzene rings is 1. The standard InChI is InChI=1S/C17H24O3S/c1-3-17(18)20-16-11-7-5-9-14(16)13-8-4-6-10-15(13)19-12-21-2/h4,6,8,10,14,16H,3,5,7,9,11-12H2,1-2H3. The number of hydrogen-bond acceptors (Lipinski definition) is 4. The van der Waals surface area contributed by atoms with Gasteiger partial charge in [-0.3, -0.25) is 4.79 Å². The summed E-state index contributed by atoms with van der Waals surface area (Å²) in [7, 11) is 0. The van der Waals surface area contributed by atoms with Crippen molar-refractivity contribution in [2.75, 3.05) is 12.2 Å². The largest absolute Gasteiger partial charge is 0.483 e. The molecule has 0 radical (unpaired) electrons. The Bertz CT molecular complexity index is 461. The molecule has 4 heteroatoms. The van der Waals surface area contributed by atoms with Gasteiger partial charge in [0.25, 0.3) is 0 Å². The Morgan fingerprint density at radius 1 is 1.29 bits per heavy atom. The first-order valence-electron chi connectivity index (χ1n) is 7.66. The van der Waals surface area contributed by atoms with E-state index in [1.165, 1.54) is 12.0 Å². The second kappa shape index (κ2) is 8.32. The molecule has 0 aliphatic heterocycles. The van der Waals surface area contributed by atoms with Crippen LogP contribution in [-0.4, -0.2) is 24.3 Å². The molecular weight excluding hydrogens is 284 g/mol. The van der Waals surface area contributed by atoms with Gasteiger partial charge in [0.1, 0.15) is 17.8 Å². The quantitative estimate of drug-likeness (QED) is 0.577. The molecule has 2 atom stereocenters. The van der Waals surface area contributed by atoms with Crippen LogP contribution in [0.15, 0.2) is 24.3 Å². The van der Waals surface area contributed by atoms with E-state index in [9.17, 15) is 4.79 Å². The van der Waals surface area contributed by atoms with E-state index in [0.717, 1.165) is 25.0 Å². The zero-order valence-corrected chi connectivity index (χ0v) is 13.7. The number of carbonyl (C=O) groups is 1. The van der Waals surface area contributed by atoms with Crippen molar-refractivity contribution in [1.29, 1.82) is 0 Å². The molecule has 0 saturated heterocycles. The highest BCUT2D eigenvalue weighted by molar-refractivity contribution is 7.98. The maximum Gasteiger partial charge on any atom is 0.305 e. The van der Waals surface area contributed by atoms with Gasteiger partial charge in [-0.1, -0.05) is 31.5 Å². The lowest BCUT2D eigenvalue weighted by molar-refractivity contribution is -0.151. The van der Waals surface area contributed by atoms with Crippen LogP contribution < -0.4 is 4.74 Å². The summed E-state index contributed by atoms with van der Waals surface area (Å²) in [6.45, 7) is 1.84.